The molecule has 0 N–H and O–H groups in total. The third-order valence-corrected chi connectivity index (χ3v) is 10.2. The zero-order valence-corrected chi connectivity index (χ0v) is 34.4. The summed E-state index contributed by atoms with van der Waals surface area (Å²) in [6.45, 7) is 0.147. The molecule has 1 aliphatic heterocycles. The summed E-state index contributed by atoms with van der Waals surface area (Å²) in [6.07, 6.45) is 13.4. The molecule has 0 bridgehead atoms. The van der Waals surface area contributed by atoms with Crippen LogP contribution in [0.3, 0.4) is 0 Å². The molecule has 0 spiro atoms. The molecule has 4 unspecified atom stereocenters. The summed E-state index contributed by atoms with van der Waals surface area (Å²) in [5, 5.41) is 0. The van der Waals surface area contributed by atoms with Gasteiger partial charge in [0.15, 0.2) is 6.29 Å². The van der Waals surface area contributed by atoms with E-state index in [2.05, 4.69) is 6.92 Å². The largest absolute Gasteiger partial charge is 0.379 e. The maximum absolute atomic E-state index is 9.02. The van der Waals surface area contributed by atoms with E-state index in [9.17, 15) is 0 Å². The van der Waals surface area contributed by atoms with Crippen molar-refractivity contribution < 1.29 is 42.0 Å². The highest BCUT2D eigenvalue weighted by molar-refractivity contribution is 5.15. The van der Waals surface area contributed by atoms with Crippen LogP contribution in [-0.2, 0) is 57.6 Å². The standard InChI is InChI=1S/C48H72O8/c1-4-5-6-7-8-9-10-11-12-13-14-15-16-26-33-51-37-43(49-2)38-55-48-47(50-3)46(54-36-42-31-24-19-25-32-42)45(53-35-41-29-22-18-23-30-41)44(56-48)39-52-34-40-27-20-17-21-28-40/h17-25,27-32,43-48H,4-16,26,33-39H2,1-3H3/t43-,44-,45-,46+,47+,48?/m1/s1/i34D,35D,36D/t34?,35?,36?,43-,44-,45-,46+,47+,48?. The summed E-state index contributed by atoms with van der Waals surface area (Å²) in [7, 11) is 3.17. The van der Waals surface area contributed by atoms with E-state index < -0.39 is 50.5 Å². The van der Waals surface area contributed by atoms with E-state index >= 15 is 0 Å². The number of rotatable bonds is 32. The maximum Gasteiger partial charge on any atom is 0.187 e. The quantitative estimate of drug-likeness (QED) is 0.0580. The van der Waals surface area contributed by atoms with E-state index in [0.717, 1.165) is 12.8 Å². The summed E-state index contributed by atoms with van der Waals surface area (Å²) in [6, 6.07) is 27.7. The Kier molecular flexibility index (Phi) is 21.9. The lowest BCUT2D eigenvalue weighted by Crippen LogP contribution is -2.61. The molecule has 4 rings (SSSR count). The van der Waals surface area contributed by atoms with Gasteiger partial charge in [0.05, 0.1) is 43.7 Å². The number of methoxy groups -OCH3 is 2. The zero-order valence-electron chi connectivity index (χ0n) is 37.4. The molecule has 9 atom stereocenters. The Bertz CT molecular complexity index is 1440. The molecule has 0 saturated carbocycles. The summed E-state index contributed by atoms with van der Waals surface area (Å²) in [5.41, 5.74) is 1.98. The fraction of sp³-hybridized carbons (Fsp3) is 0.625. The molecule has 0 aromatic heterocycles. The van der Waals surface area contributed by atoms with Crippen molar-refractivity contribution in [3.63, 3.8) is 0 Å². The van der Waals surface area contributed by atoms with Gasteiger partial charge in [-0.05, 0) is 23.1 Å². The van der Waals surface area contributed by atoms with Crippen LogP contribution >= 0.6 is 0 Å². The second-order valence-electron chi connectivity index (χ2n) is 14.7. The smallest absolute Gasteiger partial charge is 0.187 e. The number of hydrogen-bond acceptors (Lipinski definition) is 8. The highest BCUT2D eigenvalue weighted by Crippen LogP contribution is 2.31. The molecule has 56 heavy (non-hydrogen) atoms. The highest BCUT2D eigenvalue weighted by atomic mass is 16.7. The summed E-state index contributed by atoms with van der Waals surface area (Å²) >= 11 is 0. The third kappa shape index (κ3) is 18.3. The third-order valence-electron chi connectivity index (χ3n) is 10.2. The molecule has 1 aliphatic rings. The minimum absolute atomic E-state index is 0.0740. The van der Waals surface area contributed by atoms with E-state index in [-0.39, 0.29) is 19.3 Å². The van der Waals surface area contributed by atoms with Gasteiger partial charge in [0, 0.05) is 20.8 Å². The second kappa shape index (κ2) is 29.5. The lowest BCUT2D eigenvalue weighted by molar-refractivity contribution is -0.326. The van der Waals surface area contributed by atoms with E-state index in [4.69, 9.17) is 42.0 Å². The summed E-state index contributed by atoms with van der Waals surface area (Å²) in [5.74, 6) is 0. The Morgan fingerprint density at radius 3 is 1.52 bits per heavy atom. The van der Waals surface area contributed by atoms with Crippen molar-refractivity contribution in [1.29, 1.82) is 0 Å². The molecule has 8 heteroatoms. The Balaban J connectivity index is 1.34. The van der Waals surface area contributed by atoms with Gasteiger partial charge in [-0.1, -0.05) is 181 Å². The topological polar surface area (TPSA) is 73.8 Å². The van der Waals surface area contributed by atoms with Gasteiger partial charge in [-0.15, -0.1) is 0 Å². The SMILES string of the molecule is [2H]C(OC[C@H]1OC(OC[C@@H](COCCCCCCCCCCCCCCCC)OC)[C@@H](OC)[C@@H](OC([2H])c2ccccc2)[C@@H]1OC([2H])c1ccccc1)c1ccccc1. The molecular formula is C48H72O8. The molecule has 1 saturated heterocycles. The van der Waals surface area contributed by atoms with Crippen LogP contribution in [0.15, 0.2) is 91.0 Å². The van der Waals surface area contributed by atoms with Crippen molar-refractivity contribution in [1.82, 2.24) is 0 Å². The van der Waals surface area contributed by atoms with E-state index in [0.29, 0.717) is 29.9 Å². The van der Waals surface area contributed by atoms with E-state index in [1.54, 1.807) is 7.11 Å². The van der Waals surface area contributed by atoms with Crippen LogP contribution in [0, 0.1) is 0 Å². The van der Waals surface area contributed by atoms with Gasteiger partial charge < -0.3 is 37.9 Å². The van der Waals surface area contributed by atoms with Gasteiger partial charge >= 0.3 is 0 Å². The first-order valence-corrected chi connectivity index (χ1v) is 21.2. The van der Waals surface area contributed by atoms with Crippen LogP contribution < -0.4 is 0 Å². The van der Waals surface area contributed by atoms with Crippen LogP contribution in [0.5, 0.6) is 0 Å². The maximum atomic E-state index is 9.02. The molecule has 3 aromatic carbocycles. The number of benzene rings is 3. The average Bonchev–Trinajstić information content (AvgIpc) is 3.28. The molecule has 0 aliphatic carbocycles. The Labute approximate surface area is 343 Å². The highest BCUT2D eigenvalue weighted by Gasteiger charge is 2.49. The number of unbranched alkanes of at least 4 members (excludes halogenated alkanes) is 13. The first kappa shape index (κ1) is 41.5. The molecule has 312 valence electrons. The van der Waals surface area contributed by atoms with Crippen molar-refractivity contribution in [2.24, 2.45) is 0 Å². The number of hydrogen-bond donors (Lipinski definition) is 0. The van der Waals surface area contributed by atoms with Crippen molar-refractivity contribution in [3.8, 4) is 0 Å². The fourth-order valence-corrected chi connectivity index (χ4v) is 6.86. The van der Waals surface area contributed by atoms with E-state index in [1.807, 2.05) is 91.0 Å². The molecule has 0 radical (unpaired) electrons. The molecule has 8 nitrogen and oxygen atoms in total. The lowest BCUT2D eigenvalue weighted by atomic mass is 9.98. The summed E-state index contributed by atoms with van der Waals surface area (Å²) in [4.78, 5) is 0. The van der Waals surface area contributed by atoms with Gasteiger partial charge in [0.2, 0.25) is 0 Å². The Morgan fingerprint density at radius 2 is 1.02 bits per heavy atom. The van der Waals surface area contributed by atoms with Gasteiger partial charge in [-0.25, -0.2) is 0 Å². The van der Waals surface area contributed by atoms with Gasteiger partial charge in [-0.3, -0.25) is 0 Å². The Hall–Kier alpha value is -2.66. The van der Waals surface area contributed by atoms with Crippen LogP contribution in [0.4, 0.5) is 0 Å². The second-order valence-corrected chi connectivity index (χ2v) is 14.7. The van der Waals surface area contributed by atoms with Crippen molar-refractivity contribution in [2.75, 3.05) is 40.6 Å². The van der Waals surface area contributed by atoms with Crippen LogP contribution in [-0.4, -0.2) is 77.5 Å². The first-order valence-electron chi connectivity index (χ1n) is 22.9. The molecule has 0 amide bonds. The zero-order chi connectivity index (χ0) is 41.9. The monoisotopic (exact) mass is 780 g/mol. The van der Waals surface area contributed by atoms with Crippen molar-refractivity contribution in [2.45, 2.75) is 153 Å². The minimum Gasteiger partial charge on any atom is -0.379 e. The number of ether oxygens (including phenoxy) is 8. The van der Waals surface area contributed by atoms with Crippen molar-refractivity contribution >= 4 is 0 Å². The molecule has 1 fully saturated rings. The van der Waals surface area contributed by atoms with Gasteiger partial charge in [0.1, 0.15) is 30.5 Å². The molecule has 3 aromatic rings. The predicted molar refractivity (Wildman–Crippen MR) is 223 cm³/mol. The van der Waals surface area contributed by atoms with Crippen LogP contribution in [0.1, 0.15) is 118 Å². The minimum atomic E-state index is -1.11. The van der Waals surface area contributed by atoms with Gasteiger partial charge in [-0.2, -0.15) is 0 Å². The Morgan fingerprint density at radius 1 is 0.536 bits per heavy atom. The van der Waals surface area contributed by atoms with Gasteiger partial charge in [0.25, 0.3) is 0 Å². The summed E-state index contributed by atoms with van der Waals surface area (Å²) < 4.78 is 76.5. The van der Waals surface area contributed by atoms with Crippen LogP contribution in [0.2, 0.25) is 0 Å². The fourth-order valence-electron chi connectivity index (χ4n) is 6.86. The lowest BCUT2D eigenvalue weighted by Gasteiger charge is -2.45. The molecule has 1 heterocycles. The first-order chi connectivity index (χ1) is 28.9. The van der Waals surface area contributed by atoms with Crippen molar-refractivity contribution in [3.05, 3.63) is 108 Å². The van der Waals surface area contributed by atoms with E-state index in [1.165, 1.54) is 84.2 Å². The van der Waals surface area contributed by atoms with Crippen LogP contribution in [0.25, 0.3) is 0 Å². The predicted octanol–water partition coefficient (Wildman–Crippen LogP) is 10.6. The average molecular weight is 780 g/mol. The normalized spacial score (nSPS) is 22.8. The molecular weight excluding hydrogens is 705 g/mol.